The van der Waals surface area contributed by atoms with E-state index in [4.69, 9.17) is 0 Å². The summed E-state index contributed by atoms with van der Waals surface area (Å²) in [4.78, 5) is 24.9. The zero-order valence-electron chi connectivity index (χ0n) is 13.6. The highest BCUT2D eigenvalue weighted by Crippen LogP contribution is 2.26. The highest BCUT2D eigenvalue weighted by molar-refractivity contribution is 5.19. The smallest absolute Gasteiger partial charge is 0.295 e. The third-order valence-corrected chi connectivity index (χ3v) is 3.92. The summed E-state index contributed by atoms with van der Waals surface area (Å²) in [6, 6.07) is 17.0. The molecule has 0 unspecified atom stereocenters. The third kappa shape index (κ3) is 3.77. The summed E-state index contributed by atoms with van der Waals surface area (Å²) in [6.07, 6.45) is -4.25. The van der Waals surface area contributed by atoms with E-state index in [1.54, 1.807) is 60.7 Å². The Bertz CT molecular complexity index is 1010. The van der Waals surface area contributed by atoms with E-state index in [-0.39, 0.29) is 13.1 Å². The van der Waals surface area contributed by atoms with Crippen LogP contribution in [0.2, 0.25) is 0 Å². The first-order valence-corrected chi connectivity index (χ1v) is 7.85. The van der Waals surface area contributed by atoms with Gasteiger partial charge in [0.15, 0.2) is 0 Å². The number of hydrogen-bond donors (Lipinski definition) is 0. The molecule has 0 radical (unpaired) electrons. The topological polar surface area (TPSA) is 44.0 Å². The number of alkyl halides is 3. The lowest BCUT2D eigenvalue weighted by Crippen LogP contribution is -2.43. The quantitative estimate of drug-likeness (QED) is 0.718. The molecule has 1 aromatic heterocycles. The van der Waals surface area contributed by atoms with Gasteiger partial charge in [-0.15, -0.1) is 0 Å². The van der Waals surface area contributed by atoms with E-state index < -0.39 is 23.0 Å². The van der Waals surface area contributed by atoms with Crippen molar-refractivity contribution in [2.45, 2.75) is 19.3 Å². The predicted octanol–water partition coefficient (Wildman–Crippen LogP) is 3.13. The first-order chi connectivity index (χ1) is 12.4. The van der Waals surface area contributed by atoms with Crippen molar-refractivity contribution in [3.05, 3.63) is 104 Å². The van der Waals surface area contributed by atoms with Crippen molar-refractivity contribution in [2.24, 2.45) is 0 Å². The summed E-state index contributed by atoms with van der Waals surface area (Å²) < 4.78 is 41.4. The van der Waals surface area contributed by atoms with E-state index in [1.807, 2.05) is 0 Å². The summed E-state index contributed by atoms with van der Waals surface area (Å²) in [5, 5.41) is 0. The fourth-order valence-electron chi connectivity index (χ4n) is 2.65. The van der Waals surface area contributed by atoms with Crippen LogP contribution in [-0.2, 0) is 19.3 Å². The Kier molecular flexibility index (Phi) is 4.79. The molecule has 0 aliphatic heterocycles. The molecule has 2 aromatic carbocycles. The maximum atomic E-state index is 13.3. The lowest BCUT2D eigenvalue weighted by atomic mass is 10.2. The number of nitrogens with zero attached hydrogens (tertiary/aromatic N) is 2. The number of hydrogen-bond acceptors (Lipinski definition) is 2. The average molecular weight is 360 g/mol. The van der Waals surface area contributed by atoms with Gasteiger partial charge in [0.2, 0.25) is 0 Å². The Morgan fingerprint density at radius 1 is 0.769 bits per heavy atom. The fraction of sp³-hybridized carbons (Fsp3) is 0.158. The van der Waals surface area contributed by atoms with Gasteiger partial charge in [-0.25, -0.2) is 4.79 Å². The molecular formula is C19H15F3N2O2. The van der Waals surface area contributed by atoms with Crippen LogP contribution in [0, 0.1) is 0 Å². The van der Waals surface area contributed by atoms with Crippen LogP contribution in [0.3, 0.4) is 0 Å². The zero-order chi connectivity index (χ0) is 18.7. The van der Waals surface area contributed by atoms with Crippen LogP contribution < -0.4 is 11.2 Å². The van der Waals surface area contributed by atoms with Gasteiger partial charge in [-0.1, -0.05) is 60.7 Å². The third-order valence-electron chi connectivity index (χ3n) is 3.92. The molecule has 0 amide bonds. The van der Waals surface area contributed by atoms with Crippen LogP contribution in [0.1, 0.15) is 16.7 Å². The zero-order valence-corrected chi connectivity index (χ0v) is 13.6. The molecular weight excluding hydrogens is 345 g/mol. The predicted molar refractivity (Wildman–Crippen MR) is 91.1 cm³/mol. The van der Waals surface area contributed by atoms with Crippen molar-refractivity contribution in [1.29, 1.82) is 0 Å². The second-order valence-electron chi connectivity index (χ2n) is 5.81. The van der Waals surface area contributed by atoms with Crippen molar-refractivity contribution in [2.75, 3.05) is 0 Å². The minimum Gasteiger partial charge on any atom is -0.295 e. The van der Waals surface area contributed by atoms with Crippen LogP contribution in [0.4, 0.5) is 13.2 Å². The Morgan fingerprint density at radius 3 is 1.77 bits per heavy atom. The maximum Gasteiger partial charge on any atom is 0.423 e. The molecule has 0 spiro atoms. The van der Waals surface area contributed by atoms with Crippen molar-refractivity contribution in [1.82, 2.24) is 9.13 Å². The van der Waals surface area contributed by atoms with E-state index in [0.29, 0.717) is 21.9 Å². The van der Waals surface area contributed by atoms with Gasteiger partial charge < -0.3 is 0 Å². The van der Waals surface area contributed by atoms with E-state index in [9.17, 15) is 22.8 Å². The Hall–Kier alpha value is -3.09. The summed E-state index contributed by atoms with van der Waals surface area (Å²) >= 11 is 0. The Balaban J connectivity index is 2.14. The highest BCUT2D eigenvalue weighted by atomic mass is 19.4. The maximum absolute atomic E-state index is 13.3. The van der Waals surface area contributed by atoms with Gasteiger partial charge in [0.25, 0.3) is 5.56 Å². The molecule has 3 rings (SSSR count). The fourth-order valence-corrected chi connectivity index (χ4v) is 2.65. The van der Waals surface area contributed by atoms with Gasteiger partial charge in [-0.3, -0.25) is 13.9 Å². The number of rotatable bonds is 4. The molecule has 0 fully saturated rings. The van der Waals surface area contributed by atoms with Gasteiger partial charge in [-0.05, 0) is 11.1 Å². The Morgan fingerprint density at radius 2 is 1.27 bits per heavy atom. The van der Waals surface area contributed by atoms with Gasteiger partial charge >= 0.3 is 11.9 Å². The molecule has 134 valence electrons. The molecule has 0 N–H and O–H groups in total. The lowest BCUT2D eigenvalue weighted by Gasteiger charge is -2.15. The summed E-state index contributed by atoms with van der Waals surface area (Å²) in [6.45, 7) is -0.283. The molecule has 0 atom stereocenters. The second kappa shape index (κ2) is 7.03. The molecule has 0 aliphatic rings. The average Bonchev–Trinajstić information content (AvgIpc) is 2.62. The van der Waals surface area contributed by atoms with Gasteiger partial charge in [0, 0.05) is 6.20 Å². The molecule has 0 saturated heterocycles. The van der Waals surface area contributed by atoms with E-state index in [0.717, 1.165) is 4.57 Å². The number of aromatic nitrogens is 2. The molecule has 3 aromatic rings. The molecule has 7 heteroatoms. The van der Waals surface area contributed by atoms with E-state index >= 15 is 0 Å². The van der Waals surface area contributed by atoms with Crippen LogP contribution in [-0.4, -0.2) is 9.13 Å². The normalized spacial score (nSPS) is 11.5. The van der Waals surface area contributed by atoms with Crippen LogP contribution in [0.25, 0.3) is 0 Å². The van der Waals surface area contributed by atoms with E-state index in [2.05, 4.69) is 0 Å². The summed E-state index contributed by atoms with van der Waals surface area (Å²) in [5.41, 5.74) is -2.25. The van der Waals surface area contributed by atoms with Crippen LogP contribution >= 0.6 is 0 Å². The van der Waals surface area contributed by atoms with E-state index in [1.165, 1.54) is 0 Å². The second-order valence-corrected chi connectivity index (χ2v) is 5.81. The number of halogens is 3. The van der Waals surface area contributed by atoms with Crippen molar-refractivity contribution in [3.63, 3.8) is 0 Å². The monoisotopic (exact) mass is 360 g/mol. The molecule has 0 aliphatic carbocycles. The highest BCUT2D eigenvalue weighted by Gasteiger charge is 2.36. The van der Waals surface area contributed by atoms with Crippen molar-refractivity contribution < 1.29 is 13.2 Å². The van der Waals surface area contributed by atoms with Crippen molar-refractivity contribution >= 4 is 0 Å². The summed E-state index contributed by atoms with van der Waals surface area (Å²) in [7, 11) is 0. The molecule has 0 bridgehead atoms. The van der Waals surface area contributed by atoms with Gasteiger partial charge in [-0.2, -0.15) is 13.2 Å². The minimum absolute atomic E-state index is 0.0577. The Labute approximate surface area is 146 Å². The SMILES string of the molecule is O=c1c(C(F)(F)F)cn(Cc2ccccc2)c(=O)n1Cc1ccccc1. The van der Waals surface area contributed by atoms with Gasteiger partial charge in [0.05, 0.1) is 13.1 Å². The molecule has 26 heavy (non-hydrogen) atoms. The number of benzene rings is 2. The largest absolute Gasteiger partial charge is 0.423 e. The standard InChI is InChI=1S/C19H15F3N2O2/c20-19(21,22)16-13-23(11-14-7-3-1-4-8-14)18(26)24(17(16)25)12-15-9-5-2-6-10-15/h1-10,13H,11-12H2. The van der Waals surface area contributed by atoms with Gasteiger partial charge in [0.1, 0.15) is 5.56 Å². The first-order valence-electron chi connectivity index (χ1n) is 7.85. The minimum atomic E-state index is -4.85. The summed E-state index contributed by atoms with van der Waals surface area (Å²) in [5.74, 6) is 0. The van der Waals surface area contributed by atoms with Crippen LogP contribution in [0.15, 0.2) is 76.4 Å². The lowest BCUT2D eigenvalue weighted by molar-refractivity contribution is -0.139. The molecule has 1 heterocycles. The van der Waals surface area contributed by atoms with Crippen LogP contribution in [0.5, 0.6) is 0 Å². The van der Waals surface area contributed by atoms with Crippen molar-refractivity contribution in [3.8, 4) is 0 Å². The first kappa shape index (κ1) is 17.7. The molecule has 0 saturated carbocycles. The molecule has 4 nitrogen and oxygen atoms in total.